The zero-order chi connectivity index (χ0) is 6.10. The highest BCUT2D eigenvalue weighted by molar-refractivity contribution is 8.93. The number of halogens is 1. The molecule has 4 heteroatoms. The molecule has 0 aromatic rings. The first kappa shape index (κ1) is 7.47. The zero-order valence-electron chi connectivity index (χ0n) is 5.40. The van der Waals surface area contributed by atoms with Crippen molar-refractivity contribution in [2.45, 2.75) is 0 Å². The van der Waals surface area contributed by atoms with Crippen molar-refractivity contribution in [2.24, 2.45) is 9.98 Å². The molecule has 2 rings (SSSR count). The van der Waals surface area contributed by atoms with E-state index < -0.39 is 0 Å². The van der Waals surface area contributed by atoms with Gasteiger partial charge in [0.05, 0.1) is 6.54 Å². The van der Waals surface area contributed by atoms with Gasteiger partial charge in [0.25, 0.3) is 0 Å². The van der Waals surface area contributed by atoms with Crippen molar-refractivity contribution in [1.29, 1.82) is 0 Å². The molecule has 2 aliphatic rings. The van der Waals surface area contributed by atoms with Crippen molar-refractivity contribution in [1.82, 2.24) is 4.90 Å². The molecule has 0 bridgehead atoms. The number of hydrogen-bond acceptors (Lipinski definition) is 3. The van der Waals surface area contributed by atoms with Crippen LogP contribution in [0.25, 0.3) is 0 Å². The molecule has 0 aliphatic carbocycles. The highest BCUT2D eigenvalue weighted by atomic mass is 79.9. The molecule has 54 valence electrons. The number of allylic oxidation sites excluding steroid dienone is 1. The van der Waals surface area contributed by atoms with Gasteiger partial charge in [-0.3, -0.25) is 0 Å². The van der Waals surface area contributed by atoms with Crippen LogP contribution >= 0.6 is 17.0 Å². The molecule has 0 atom stereocenters. The third kappa shape index (κ3) is 1.11. The molecule has 0 N–H and O–H groups in total. The van der Waals surface area contributed by atoms with Gasteiger partial charge in [-0.25, -0.2) is 9.98 Å². The van der Waals surface area contributed by atoms with E-state index in [0.717, 1.165) is 19.0 Å². The molecular formula is C6H8BrN3. The topological polar surface area (TPSA) is 28.0 Å². The SMILES string of the molecule is Br.C1=CN2CCN=C2N=C1. The second-order valence-corrected chi connectivity index (χ2v) is 1.99. The largest absolute Gasteiger partial charge is 0.316 e. The van der Waals surface area contributed by atoms with E-state index in [9.17, 15) is 0 Å². The standard InChI is InChI=1S/C6H7N3.BrH/c1-2-7-6-8-3-5-9(6)4-1;/h1-2,4H,3,5H2;1H. The maximum atomic E-state index is 4.15. The number of fused-ring (bicyclic) bond motifs is 1. The molecule has 0 radical (unpaired) electrons. The Morgan fingerprint density at radius 2 is 2.40 bits per heavy atom. The van der Waals surface area contributed by atoms with E-state index in [-0.39, 0.29) is 17.0 Å². The molecule has 0 saturated carbocycles. The predicted octanol–water partition coefficient (Wildman–Crippen LogP) is 0.834. The van der Waals surface area contributed by atoms with Crippen LogP contribution in [0.15, 0.2) is 22.3 Å². The molecule has 2 heterocycles. The maximum Gasteiger partial charge on any atom is 0.224 e. The van der Waals surface area contributed by atoms with E-state index in [1.807, 2.05) is 17.2 Å². The zero-order valence-corrected chi connectivity index (χ0v) is 7.11. The van der Waals surface area contributed by atoms with E-state index >= 15 is 0 Å². The summed E-state index contributed by atoms with van der Waals surface area (Å²) >= 11 is 0. The average molecular weight is 202 g/mol. The van der Waals surface area contributed by atoms with Gasteiger partial charge in [-0.1, -0.05) is 0 Å². The lowest BCUT2D eigenvalue weighted by Crippen LogP contribution is -2.21. The molecule has 0 saturated heterocycles. The summed E-state index contributed by atoms with van der Waals surface area (Å²) in [4.78, 5) is 10.2. The maximum absolute atomic E-state index is 4.15. The molecule has 10 heavy (non-hydrogen) atoms. The third-order valence-corrected chi connectivity index (χ3v) is 1.39. The van der Waals surface area contributed by atoms with Crippen molar-refractivity contribution < 1.29 is 0 Å². The second-order valence-electron chi connectivity index (χ2n) is 1.99. The number of aliphatic imine (C=N–C) groups is 2. The highest BCUT2D eigenvalue weighted by Crippen LogP contribution is 2.05. The molecule has 0 aromatic heterocycles. The summed E-state index contributed by atoms with van der Waals surface area (Å²) in [6.45, 7) is 1.88. The van der Waals surface area contributed by atoms with Crippen molar-refractivity contribution in [3.63, 3.8) is 0 Å². The minimum absolute atomic E-state index is 0. The minimum atomic E-state index is 0. The third-order valence-electron chi connectivity index (χ3n) is 1.39. The van der Waals surface area contributed by atoms with Crippen LogP contribution in [0.3, 0.4) is 0 Å². The molecule has 2 aliphatic heterocycles. The Morgan fingerprint density at radius 1 is 1.50 bits per heavy atom. The van der Waals surface area contributed by atoms with Crippen molar-refractivity contribution in [3.05, 3.63) is 12.3 Å². The van der Waals surface area contributed by atoms with E-state index in [1.54, 1.807) is 6.21 Å². The van der Waals surface area contributed by atoms with E-state index in [2.05, 4.69) is 9.98 Å². The van der Waals surface area contributed by atoms with Gasteiger partial charge in [-0.05, 0) is 6.08 Å². The first-order valence-corrected chi connectivity index (χ1v) is 2.99. The lowest BCUT2D eigenvalue weighted by atomic mass is 10.5. The summed E-state index contributed by atoms with van der Waals surface area (Å²) < 4.78 is 0. The first-order chi connectivity index (χ1) is 4.47. The van der Waals surface area contributed by atoms with Gasteiger partial charge in [0.1, 0.15) is 0 Å². The van der Waals surface area contributed by atoms with Gasteiger partial charge in [-0.2, -0.15) is 0 Å². The van der Waals surface area contributed by atoms with Gasteiger partial charge in [0.15, 0.2) is 0 Å². The Kier molecular flexibility index (Phi) is 2.21. The quantitative estimate of drug-likeness (QED) is 0.571. The number of hydrogen-bond donors (Lipinski definition) is 0. The summed E-state index contributed by atoms with van der Waals surface area (Å²) in [5.74, 6) is 0.859. The molecule has 0 aromatic carbocycles. The summed E-state index contributed by atoms with van der Waals surface area (Å²) in [5.41, 5.74) is 0. The first-order valence-electron chi connectivity index (χ1n) is 2.99. The Hall–Kier alpha value is -0.640. The summed E-state index contributed by atoms with van der Waals surface area (Å²) in [6.07, 6.45) is 5.68. The molecule has 0 spiro atoms. The lowest BCUT2D eigenvalue weighted by molar-refractivity contribution is 0.604. The summed E-state index contributed by atoms with van der Waals surface area (Å²) in [6, 6.07) is 0. The van der Waals surface area contributed by atoms with Crippen LogP contribution in [0.2, 0.25) is 0 Å². The van der Waals surface area contributed by atoms with Crippen LogP contribution in [0.4, 0.5) is 0 Å². The minimum Gasteiger partial charge on any atom is -0.316 e. The van der Waals surface area contributed by atoms with Crippen molar-refractivity contribution in [3.8, 4) is 0 Å². The molecular weight excluding hydrogens is 194 g/mol. The predicted molar refractivity (Wildman–Crippen MR) is 47.0 cm³/mol. The van der Waals surface area contributed by atoms with Gasteiger partial charge >= 0.3 is 0 Å². The van der Waals surface area contributed by atoms with E-state index in [0.29, 0.717) is 0 Å². The summed E-state index contributed by atoms with van der Waals surface area (Å²) in [5, 5.41) is 0. The number of guanidine groups is 1. The fourth-order valence-electron chi connectivity index (χ4n) is 0.957. The molecule has 0 amide bonds. The number of nitrogens with zero attached hydrogens (tertiary/aromatic N) is 3. The fourth-order valence-corrected chi connectivity index (χ4v) is 0.957. The van der Waals surface area contributed by atoms with Crippen molar-refractivity contribution >= 4 is 29.2 Å². The van der Waals surface area contributed by atoms with E-state index in [4.69, 9.17) is 0 Å². The van der Waals surface area contributed by atoms with Crippen LogP contribution < -0.4 is 0 Å². The highest BCUT2D eigenvalue weighted by Gasteiger charge is 2.13. The Bertz CT molecular complexity index is 204. The Labute approximate surface area is 69.9 Å². The van der Waals surface area contributed by atoms with Gasteiger partial charge < -0.3 is 4.90 Å². The lowest BCUT2D eigenvalue weighted by Gasteiger charge is -2.12. The van der Waals surface area contributed by atoms with Gasteiger partial charge in [0.2, 0.25) is 5.96 Å². The average Bonchev–Trinajstić information content (AvgIpc) is 2.33. The molecule has 0 unspecified atom stereocenters. The van der Waals surface area contributed by atoms with Crippen molar-refractivity contribution in [2.75, 3.05) is 13.1 Å². The number of rotatable bonds is 0. The fraction of sp³-hybridized carbons (Fsp3) is 0.333. The summed E-state index contributed by atoms with van der Waals surface area (Å²) in [7, 11) is 0. The monoisotopic (exact) mass is 201 g/mol. The van der Waals surface area contributed by atoms with Crippen LogP contribution in [0.5, 0.6) is 0 Å². The van der Waals surface area contributed by atoms with Crippen LogP contribution in [0.1, 0.15) is 0 Å². The van der Waals surface area contributed by atoms with Crippen LogP contribution in [0, 0.1) is 0 Å². The van der Waals surface area contributed by atoms with Crippen LogP contribution in [-0.2, 0) is 0 Å². The van der Waals surface area contributed by atoms with Crippen LogP contribution in [-0.4, -0.2) is 30.2 Å². The molecule has 0 fully saturated rings. The van der Waals surface area contributed by atoms with Gasteiger partial charge in [0, 0.05) is 19.0 Å². The normalized spacial score (nSPS) is 20.0. The smallest absolute Gasteiger partial charge is 0.224 e. The van der Waals surface area contributed by atoms with Gasteiger partial charge in [-0.15, -0.1) is 17.0 Å². The second kappa shape index (κ2) is 2.96. The molecule has 3 nitrogen and oxygen atoms in total. The van der Waals surface area contributed by atoms with E-state index in [1.165, 1.54) is 0 Å². The Balaban J connectivity index is 0.000000500. The Morgan fingerprint density at radius 3 is 3.20 bits per heavy atom.